The van der Waals surface area contributed by atoms with Gasteiger partial charge in [0.05, 0.1) is 17.9 Å². The third kappa shape index (κ3) is 4.59. The maximum atomic E-state index is 12.8. The highest BCUT2D eigenvalue weighted by molar-refractivity contribution is 6.06. The van der Waals surface area contributed by atoms with Crippen LogP contribution in [0.15, 0.2) is 17.1 Å². The van der Waals surface area contributed by atoms with E-state index in [1.165, 1.54) is 4.90 Å². The van der Waals surface area contributed by atoms with Crippen molar-refractivity contribution in [1.82, 2.24) is 15.5 Å². The smallest absolute Gasteiger partial charge is 0.233 e. The Morgan fingerprint density at radius 1 is 1.16 bits per heavy atom. The zero-order valence-corrected chi connectivity index (χ0v) is 20.1. The molecule has 7 nitrogen and oxygen atoms in total. The molecule has 0 aromatic heterocycles. The van der Waals surface area contributed by atoms with Gasteiger partial charge in [-0.25, -0.2) is 0 Å². The van der Waals surface area contributed by atoms with E-state index < -0.39 is 0 Å². The van der Waals surface area contributed by atoms with Crippen molar-refractivity contribution >= 4 is 17.8 Å². The van der Waals surface area contributed by atoms with Gasteiger partial charge in [-0.15, -0.1) is 0 Å². The molecule has 1 saturated carbocycles. The van der Waals surface area contributed by atoms with Crippen LogP contribution in [0.4, 0.5) is 0 Å². The Morgan fingerprint density at radius 3 is 2.47 bits per heavy atom. The Kier molecular flexibility index (Phi) is 6.94. The van der Waals surface area contributed by atoms with E-state index in [1.54, 1.807) is 0 Å². The van der Waals surface area contributed by atoms with Crippen LogP contribution in [-0.2, 0) is 14.3 Å². The fourth-order valence-corrected chi connectivity index (χ4v) is 6.17. The standard InChI is InChI=1S/C25H40N4O3/c1-5-26-24(28-15-18-8-6-13-32-21(18)25(2,3)4)27-11-7-12-29-22(30)19-16-9-10-17(14-16)20(19)23(29)31/h9-10,16-21H,5-8,11-15H2,1-4H3,(H2,26,27,28). The van der Waals surface area contributed by atoms with Crippen LogP contribution in [0, 0.1) is 35.0 Å². The van der Waals surface area contributed by atoms with E-state index in [9.17, 15) is 9.59 Å². The van der Waals surface area contributed by atoms with Gasteiger partial charge in [-0.05, 0) is 49.9 Å². The molecule has 6 atom stereocenters. The van der Waals surface area contributed by atoms with Gasteiger partial charge in [0.2, 0.25) is 11.8 Å². The second kappa shape index (κ2) is 9.54. The quantitative estimate of drug-likeness (QED) is 0.207. The molecule has 0 aromatic rings. The highest BCUT2D eigenvalue weighted by Crippen LogP contribution is 2.52. The number of amides is 2. The number of guanidine groups is 1. The summed E-state index contributed by atoms with van der Waals surface area (Å²) in [6.45, 7) is 12.3. The molecule has 7 heteroatoms. The minimum Gasteiger partial charge on any atom is -0.377 e. The topological polar surface area (TPSA) is 83.0 Å². The van der Waals surface area contributed by atoms with Gasteiger partial charge in [-0.2, -0.15) is 0 Å². The average molecular weight is 445 g/mol. The summed E-state index contributed by atoms with van der Waals surface area (Å²) in [5.74, 6) is 1.66. The molecule has 6 unspecified atom stereocenters. The lowest BCUT2D eigenvalue weighted by Crippen LogP contribution is -2.43. The highest BCUT2D eigenvalue weighted by atomic mass is 16.5. The van der Waals surface area contributed by atoms with Crippen LogP contribution in [0.25, 0.3) is 0 Å². The number of ether oxygens (including phenoxy) is 1. The van der Waals surface area contributed by atoms with Crippen LogP contribution in [0.1, 0.15) is 53.4 Å². The minimum absolute atomic E-state index is 0.0444. The fraction of sp³-hybridized carbons (Fsp3) is 0.800. The largest absolute Gasteiger partial charge is 0.377 e. The molecule has 2 amide bonds. The molecule has 0 spiro atoms. The summed E-state index contributed by atoms with van der Waals surface area (Å²) in [5, 5.41) is 6.70. The molecule has 3 fully saturated rings. The molecule has 2 heterocycles. The first-order chi connectivity index (χ1) is 15.3. The molecule has 2 N–H and O–H groups in total. The number of hydrogen-bond acceptors (Lipinski definition) is 4. The molecule has 4 rings (SSSR count). The van der Waals surface area contributed by atoms with Crippen LogP contribution >= 0.6 is 0 Å². The lowest BCUT2D eigenvalue weighted by Gasteiger charge is -2.39. The summed E-state index contributed by atoms with van der Waals surface area (Å²) in [6, 6.07) is 0. The predicted octanol–water partition coefficient (Wildman–Crippen LogP) is 2.58. The fourth-order valence-electron chi connectivity index (χ4n) is 6.17. The van der Waals surface area contributed by atoms with Crippen molar-refractivity contribution in [3.8, 4) is 0 Å². The number of nitrogens with one attached hydrogen (secondary N) is 2. The van der Waals surface area contributed by atoms with Gasteiger partial charge in [-0.1, -0.05) is 32.9 Å². The zero-order chi connectivity index (χ0) is 22.9. The molecule has 2 saturated heterocycles. The lowest BCUT2D eigenvalue weighted by molar-refractivity contribution is -0.140. The van der Waals surface area contributed by atoms with Crippen LogP contribution < -0.4 is 10.6 Å². The number of aliphatic imine (C=N–C) groups is 1. The normalized spacial score (nSPS) is 34.4. The van der Waals surface area contributed by atoms with Crippen LogP contribution in [0.5, 0.6) is 0 Å². The summed E-state index contributed by atoms with van der Waals surface area (Å²) in [6.07, 6.45) is 8.44. The number of fused-ring (bicyclic) bond motifs is 5. The summed E-state index contributed by atoms with van der Waals surface area (Å²) in [5.41, 5.74) is 0.106. The predicted molar refractivity (Wildman–Crippen MR) is 125 cm³/mol. The SMILES string of the molecule is CCNC(=NCC1CCCOC1C(C)(C)C)NCCCN1C(=O)C2C3C=CC(C3)C2C1=O. The number of carbonyl (C=O) groups excluding carboxylic acids is 2. The lowest BCUT2D eigenvalue weighted by atomic mass is 9.78. The second-order valence-corrected chi connectivity index (χ2v) is 10.9. The first-order valence-corrected chi connectivity index (χ1v) is 12.5. The maximum absolute atomic E-state index is 12.8. The van der Waals surface area contributed by atoms with Crippen molar-refractivity contribution in [2.45, 2.75) is 59.5 Å². The molecule has 178 valence electrons. The van der Waals surface area contributed by atoms with Gasteiger partial charge < -0.3 is 15.4 Å². The van der Waals surface area contributed by atoms with Crippen molar-refractivity contribution < 1.29 is 14.3 Å². The maximum Gasteiger partial charge on any atom is 0.233 e. The Morgan fingerprint density at radius 2 is 1.84 bits per heavy atom. The molecule has 4 aliphatic rings. The van der Waals surface area contributed by atoms with Gasteiger partial charge in [-0.3, -0.25) is 19.5 Å². The molecule has 32 heavy (non-hydrogen) atoms. The number of rotatable bonds is 7. The third-order valence-corrected chi connectivity index (χ3v) is 7.54. The summed E-state index contributed by atoms with van der Waals surface area (Å²) in [7, 11) is 0. The Hall–Kier alpha value is -1.89. The average Bonchev–Trinajstić information content (AvgIpc) is 3.43. The van der Waals surface area contributed by atoms with E-state index >= 15 is 0 Å². The molecule has 0 aromatic carbocycles. The molecule has 2 aliphatic heterocycles. The van der Waals surface area contributed by atoms with Crippen LogP contribution in [0.3, 0.4) is 0 Å². The number of allylic oxidation sites excluding steroid dienone is 2. The number of likely N-dealkylation sites (tertiary alicyclic amines) is 1. The number of nitrogens with zero attached hydrogens (tertiary/aromatic N) is 2. The van der Waals surface area contributed by atoms with Gasteiger partial charge in [0, 0.05) is 38.7 Å². The van der Waals surface area contributed by atoms with Crippen molar-refractivity contribution in [2.75, 3.05) is 32.8 Å². The molecule has 2 bridgehead atoms. The summed E-state index contributed by atoms with van der Waals surface area (Å²) >= 11 is 0. The van der Waals surface area contributed by atoms with E-state index in [1.807, 2.05) is 0 Å². The van der Waals surface area contributed by atoms with Crippen molar-refractivity contribution in [3.63, 3.8) is 0 Å². The van der Waals surface area contributed by atoms with E-state index in [0.29, 0.717) is 19.0 Å². The molecular weight excluding hydrogens is 404 g/mol. The van der Waals surface area contributed by atoms with E-state index in [2.05, 4.69) is 50.5 Å². The zero-order valence-electron chi connectivity index (χ0n) is 20.1. The first kappa shape index (κ1) is 23.3. The highest BCUT2D eigenvalue weighted by Gasteiger charge is 2.58. The molecular formula is C25H40N4O3. The number of hydrogen-bond donors (Lipinski definition) is 2. The van der Waals surface area contributed by atoms with Crippen LogP contribution in [-0.4, -0.2) is 61.6 Å². The summed E-state index contributed by atoms with van der Waals surface area (Å²) in [4.78, 5) is 32.0. The Bertz CT molecular complexity index is 742. The molecule has 2 aliphatic carbocycles. The van der Waals surface area contributed by atoms with E-state index in [0.717, 1.165) is 51.3 Å². The summed E-state index contributed by atoms with van der Waals surface area (Å²) < 4.78 is 6.09. The minimum atomic E-state index is -0.0992. The molecule has 0 radical (unpaired) electrons. The second-order valence-electron chi connectivity index (χ2n) is 10.9. The van der Waals surface area contributed by atoms with Crippen LogP contribution in [0.2, 0.25) is 0 Å². The van der Waals surface area contributed by atoms with Gasteiger partial charge >= 0.3 is 0 Å². The van der Waals surface area contributed by atoms with E-state index in [-0.39, 0.29) is 47.0 Å². The van der Waals surface area contributed by atoms with Crippen molar-refractivity contribution in [2.24, 2.45) is 40.0 Å². The monoisotopic (exact) mass is 444 g/mol. The number of imide groups is 1. The van der Waals surface area contributed by atoms with Gasteiger partial charge in [0.25, 0.3) is 0 Å². The number of carbonyl (C=O) groups is 2. The van der Waals surface area contributed by atoms with Crippen molar-refractivity contribution in [3.05, 3.63) is 12.2 Å². The van der Waals surface area contributed by atoms with Crippen molar-refractivity contribution in [1.29, 1.82) is 0 Å². The van der Waals surface area contributed by atoms with Gasteiger partial charge in [0.1, 0.15) is 0 Å². The Labute approximate surface area is 192 Å². The van der Waals surface area contributed by atoms with Gasteiger partial charge in [0.15, 0.2) is 5.96 Å². The Balaban J connectivity index is 1.26. The third-order valence-electron chi connectivity index (χ3n) is 7.54. The first-order valence-electron chi connectivity index (χ1n) is 12.5. The van der Waals surface area contributed by atoms with E-state index in [4.69, 9.17) is 9.73 Å².